The summed E-state index contributed by atoms with van der Waals surface area (Å²) in [6.07, 6.45) is 1.30. The number of aliphatic hydroxyl groups is 1. The standard InChI is InChI=1S/C13H15FN2O4/c14-12-2-1-10(16(19)20)7-11(12)13(18)15-5-3-9(8-17)4-6-15/h1-2,7,9,17H,3-6,8H2. The average molecular weight is 282 g/mol. The first-order chi connectivity index (χ1) is 9.52. The lowest BCUT2D eigenvalue weighted by Crippen LogP contribution is -2.39. The van der Waals surface area contributed by atoms with Crippen molar-refractivity contribution in [2.45, 2.75) is 12.8 Å². The van der Waals surface area contributed by atoms with Gasteiger partial charge in [-0.3, -0.25) is 14.9 Å². The first-order valence-electron chi connectivity index (χ1n) is 6.37. The van der Waals surface area contributed by atoms with Crippen LogP contribution < -0.4 is 0 Å². The molecular weight excluding hydrogens is 267 g/mol. The molecule has 2 rings (SSSR count). The minimum atomic E-state index is -0.759. The van der Waals surface area contributed by atoms with E-state index in [9.17, 15) is 19.3 Å². The van der Waals surface area contributed by atoms with Gasteiger partial charge < -0.3 is 10.0 Å². The number of non-ortho nitro benzene ring substituents is 1. The second-order valence-corrected chi connectivity index (χ2v) is 4.84. The van der Waals surface area contributed by atoms with Gasteiger partial charge in [0, 0.05) is 31.8 Å². The molecule has 1 N–H and O–H groups in total. The van der Waals surface area contributed by atoms with Crippen molar-refractivity contribution in [1.29, 1.82) is 0 Å². The number of nitro benzene ring substituents is 1. The molecule has 20 heavy (non-hydrogen) atoms. The molecule has 108 valence electrons. The van der Waals surface area contributed by atoms with Crippen molar-refractivity contribution in [2.24, 2.45) is 5.92 Å². The van der Waals surface area contributed by atoms with Gasteiger partial charge in [-0.15, -0.1) is 0 Å². The Morgan fingerprint density at radius 1 is 1.45 bits per heavy atom. The number of halogens is 1. The Labute approximate surface area is 115 Å². The van der Waals surface area contributed by atoms with E-state index in [4.69, 9.17) is 5.11 Å². The first-order valence-corrected chi connectivity index (χ1v) is 6.37. The van der Waals surface area contributed by atoms with Crippen LogP contribution in [0.25, 0.3) is 0 Å². The van der Waals surface area contributed by atoms with Crippen LogP contribution in [-0.4, -0.2) is 40.5 Å². The lowest BCUT2D eigenvalue weighted by molar-refractivity contribution is -0.384. The van der Waals surface area contributed by atoms with E-state index in [1.54, 1.807) is 0 Å². The molecule has 1 amide bonds. The maximum Gasteiger partial charge on any atom is 0.270 e. The zero-order valence-electron chi connectivity index (χ0n) is 10.8. The fourth-order valence-electron chi connectivity index (χ4n) is 2.28. The molecule has 1 heterocycles. The molecule has 0 spiro atoms. The number of hydrogen-bond donors (Lipinski definition) is 1. The maximum absolute atomic E-state index is 13.7. The highest BCUT2D eigenvalue weighted by atomic mass is 19.1. The second kappa shape index (κ2) is 5.96. The molecule has 0 aliphatic carbocycles. The number of nitrogens with zero attached hydrogens (tertiary/aromatic N) is 2. The van der Waals surface area contributed by atoms with E-state index in [2.05, 4.69) is 0 Å². The van der Waals surface area contributed by atoms with E-state index in [0.717, 1.165) is 18.2 Å². The molecule has 0 saturated carbocycles. The van der Waals surface area contributed by atoms with Crippen LogP contribution in [0, 0.1) is 21.8 Å². The molecule has 0 bridgehead atoms. The Morgan fingerprint density at radius 2 is 2.10 bits per heavy atom. The Balaban J connectivity index is 2.17. The lowest BCUT2D eigenvalue weighted by Gasteiger charge is -2.31. The summed E-state index contributed by atoms with van der Waals surface area (Å²) in [6, 6.07) is 2.94. The Bertz CT molecular complexity index is 527. The van der Waals surface area contributed by atoms with E-state index in [1.807, 2.05) is 0 Å². The van der Waals surface area contributed by atoms with Crippen LogP contribution >= 0.6 is 0 Å². The van der Waals surface area contributed by atoms with E-state index < -0.39 is 16.6 Å². The summed E-state index contributed by atoms with van der Waals surface area (Å²) in [5.74, 6) is -1.14. The molecule has 1 aromatic carbocycles. The number of likely N-dealkylation sites (tertiary alicyclic amines) is 1. The SMILES string of the molecule is O=C(c1cc([N+](=O)[O-])ccc1F)N1CCC(CO)CC1. The zero-order valence-corrected chi connectivity index (χ0v) is 10.8. The molecule has 0 atom stereocenters. The number of nitro groups is 1. The number of aliphatic hydroxyl groups excluding tert-OH is 1. The number of piperidine rings is 1. The summed E-state index contributed by atoms with van der Waals surface area (Å²) >= 11 is 0. The van der Waals surface area contributed by atoms with Crippen LogP contribution in [0.4, 0.5) is 10.1 Å². The highest BCUT2D eigenvalue weighted by Crippen LogP contribution is 2.22. The van der Waals surface area contributed by atoms with E-state index >= 15 is 0 Å². The minimum absolute atomic E-state index is 0.0766. The molecule has 1 aliphatic rings. The normalized spacial score (nSPS) is 16.2. The summed E-state index contributed by atoms with van der Waals surface area (Å²) in [4.78, 5) is 23.7. The van der Waals surface area contributed by atoms with Crippen molar-refractivity contribution in [3.63, 3.8) is 0 Å². The molecule has 0 radical (unpaired) electrons. The van der Waals surface area contributed by atoms with Gasteiger partial charge in [0.2, 0.25) is 0 Å². The molecule has 7 heteroatoms. The number of carbonyl (C=O) groups is 1. The van der Waals surface area contributed by atoms with Gasteiger partial charge in [-0.1, -0.05) is 0 Å². The fraction of sp³-hybridized carbons (Fsp3) is 0.462. The van der Waals surface area contributed by atoms with Crippen LogP contribution in [0.3, 0.4) is 0 Å². The molecular formula is C13H15FN2O4. The van der Waals surface area contributed by atoms with Crippen LogP contribution in [0.2, 0.25) is 0 Å². The average Bonchev–Trinajstić information content (AvgIpc) is 2.47. The van der Waals surface area contributed by atoms with Crippen LogP contribution in [-0.2, 0) is 0 Å². The van der Waals surface area contributed by atoms with Gasteiger partial charge in [0.15, 0.2) is 0 Å². The third kappa shape index (κ3) is 2.93. The predicted molar refractivity (Wildman–Crippen MR) is 68.8 cm³/mol. The minimum Gasteiger partial charge on any atom is -0.396 e. The fourth-order valence-corrected chi connectivity index (χ4v) is 2.28. The van der Waals surface area contributed by atoms with Gasteiger partial charge >= 0.3 is 0 Å². The van der Waals surface area contributed by atoms with Crippen molar-refractivity contribution in [3.05, 3.63) is 39.7 Å². The van der Waals surface area contributed by atoms with Crippen molar-refractivity contribution in [2.75, 3.05) is 19.7 Å². The van der Waals surface area contributed by atoms with Crippen molar-refractivity contribution >= 4 is 11.6 Å². The van der Waals surface area contributed by atoms with Gasteiger partial charge in [0.05, 0.1) is 10.5 Å². The molecule has 1 aromatic rings. The Hall–Kier alpha value is -2.02. The summed E-state index contributed by atoms with van der Waals surface area (Å²) in [5, 5.41) is 19.7. The lowest BCUT2D eigenvalue weighted by atomic mass is 9.97. The van der Waals surface area contributed by atoms with Gasteiger partial charge in [0.1, 0.15) is 5.82 Å². The van der Waals surface area contributed by atoms with Gasteiger partial charge in [0.25, 0.3) is 11.6 Å². The van der Waals surface area contributed by atoms with E-state index in [1.165, 1.54) is 4.90 Å². The number of hydrogen-bond acceptors (Lipinski definition) is 4. The van der Waals surface area contributed by atoms with Crippen molar-refractivity contribution in [1.82, 2.24) is 4.90 Å². The quantitative estimate of drug-likeness (QED) is 0.674. The monoisotopic (exact) mass is 282 g/mol. The van der Waals surface area contributed by atoms with E-state index in [0.29, 0.717) is 25.9 Å². The smallest absolute Gasteiger partial charge is 0.270 e. The van der Waals surface area contributed by atoms with E-state index in [-0.39, 0.29) is 23.8 Å². The largest absolute Gasteiger partial charge is 0.396 e. The second-order valence-electron chi connectivity index (χ2n) is 4.84. The van der Waals surface area contributed by atoms with Gasteiger partial charge in [-0.2, -0.15) is 0 Å². The van der Waals surface area contributed by atoms with Crippen molar-refractivity contribution < 1.29 is 19.2 Å². The Morgan fingerprint density at radius 3 is 2.65 bits per heavy atom. The molecule has 0 unspecified atom stereocenters. The predicted octanol–water partition coefficient (Wildman–Crippen LogP) is 1.58. The third-order valence-electron chi connectivity index (χ3n) is 3.55. The first kappa shape index (κ1) is 14.4. The number of amides is 1. The van der Waals surface area contributed by atoms with Crippen molar-refractivity contribution in [3.8, 4) is 0 Å². The molecule has 0 aromatic heterocycles. The number of benzene rings is 1. The number of carbonyl (C=O) groups excluding carboxylic acids is 1. The number of rotatable bonds is 3. The highest BCUT2D eigenvalue weighted by molar-refractivity contribution is 5.95. The Kier molecular flexibility index (Phi) is 4.29. The summed E-state index contributed by atoms with van der Waals surface area (Å²) in [7, 11) is 0. The molecule has 1 saturated heterocycles. The summed E-state index contributed by atoms with van der Waals surface area (Å²) < 4.78 is 13.7. The summed E-state index contributed by atoms with van der Waals surface area (Å²) in [6.45, 7) is 0.922. The molecule has 1 fully saturated rings. The molecule has 1 aliphatic heterocycles. The maximum atomic E-state index is 13.7. The highest BCUT2D eigenvalue weighted by Gasteiger charge is 2.26. The zero-order chi connectivity index (χ0) is 14.7. The van der Waals surface area contributed by atoms with Crippen LogP contribution in [0.5, 0.6) is 0 Å². The molecule has 6 nitrogen and oxygen atoms in total. The van der Waals surface area contributed by atoms with Gasteiger partial charge in [-0.05, 0) is 24.8 Å². The van der Waals surface area contributed by atoms with Crippen LogP contribution in [0.15, 0.2) is 18.2 Å². The third-order valence-corrected chi connectivity index (χ3v) is 3.55. The topological polar surface area (TPSA) is 83.7 Å². The summed E-state index contributed by atoms with van der Waals surface area (Å²) in [5.41, 5.74) is -0.582. The van der Waals surface area contributed by atoms with Crippen LogP contribution in [0.1, 0.15) is 23.2 Å². The van der Waals surface area contributed by atoms with Gasteiger partial charge in [-0.25, -0.2) is 4.39 Å².